The van der Waals surface area contributed by atoms with Crippen LogP contribution < -0.4 is 4.74 Å². The predicted octanol–water partition coefficient (Wildman–Crippen LogP) is 3.14. The third-order valence-corrected chi connectivity index (χ3v) is 2.67. The van der Waals surface area contributed by atoms with Gasteiger partial charge in [-0.05, 0) is 49.6 Å². The van der Waals surface area contributed by atoms with Crippen LogP contribution in [0.2, 0.25) is 0 Å². The number of isothiocyanates is 1. The first-order chi connectivity index (χ1) is 8.30. The Morgan fingerprint density at radius 2 is 1.88 bits per heavy atom. The van der Waals surface area contributed by atoms with Crippen LogP contribution in [0.5, 0.6) is 5.75 Å². The molecule has 0 aromatic heterocycles. The second-order valence-electron chi connectivity index (χ2n) is 3.57. The summed E-state index contributed by atoms with van der Waals surface area (Å²) in [6.45, 7) is 8.08. The number of hydrogen-bond acceptors (Lipinski definition) is 4. The minimum atomic E-state index is 0.706. The number of hydrogen-bond donors (Lipinski definition) is 0. The number of benzene rings is 1. The van der Waals surface area contributed by atoms with Crippen LogP contribution in [0, 0.1) is 0 Å². The molecular weight excluding hydrogens is 232 g/mol. The molecule has 1 aromatic carbocycles. The molecule has 92 valence electrons. The van der Waals surface area contributed by atoms with Crippen molar-refractivity contribution >= 4 is 23.1 Å². The summed E-state index contributed by atoms with van der Waals surface area (Å²) < 4.78 is 5.64. The van der Waals surface area contributed by atoms with Crippen LogP contribution in [-0.2, 0) is 0 Å². The van der Waals surface area contributed by atoms with E-state index in [0.29, 0.717) is 6.61 Å². The highest BCUT2D eigenvalue weighted by molar-refractivity contribution is 7.78. The molecule has 0 amide bonds. The quantitative estimate of drug-likeness (QED) is 0.549. The van der Waals surface area contributed by atoms with Crippen LogP contribution in [0.25, 0.3) is 0 Å². The highest BCUT2D eigenvalue weighted by Gasteiger charge is 1.99. The van der Waals surface area contributed by atoms with Crippen molar-refractivity contribution in [3.63, 3.8) is 0 Å². The summed E-state index contributed by atoms with van der Waals surface area (Å²) in [5.41, 5.74) is 0.802. The molecule has 0 aliphatic heterocycles. The summed E-state index contributed by atoms with van der Waals surface area (Å²) in [5.74, 6) is 0.862. The van der Waals surface area contributed by atoms with E-state index in [1.807, 2.05) is 24.3 Å². The van der Waals surface area contributed by atoms with Gasteiger partial charge >= 0.3 is 0 Å². The summed E-state index contributed by atoms with van der Waals surface area (Å²) in [5, 5.41) is 2.34. The maximum Gasteiger partial charge on any atom is 0.119 e. The molecule has 0 unspecified atom stereocenters. The molecule has 0 aliphatic carbocycles. The maximum atomic E-state index is 5.64. The van der Waals surface area contributed by atoms with Gasteiger partial charge in [0.1, 0.15) is 12.4 Å². The van der Waals surface area contributed by atoms with E-state index in [2.05, 4.69) is 41.1 Å². The molecule has 0 spiro atoms. The van der Waals surface area contributed by atoms with Gasteiger partial charge in [-0.15, -0.1) is 0 Å². The topological polar surface area (TPSA) is 24.8 Å². The van der Waals surface area contributed by atoms with Gasteiger partial charge in [0.2, 0.25) is 0 Å². The van der Waals surface area contributed by atoms with Crippen molar-refractivity contribution in [2.45, 2.75) is 13.8 Å². The molecule has 0 saturated heterocycles. The maximum absolute atomic E-state index is 5.64. The second kappa shape index (κ2) is 7.96. The fourth-order valence-electron chi connectivity index (χ4n) is 1.50. The lowest BCUT2D eigenvalue weighted by Gasteiger charge is -2.17. The largest absolute Gasteiger partial charge is 0.492 e. The van der Waals surface area contributed by atoms with E-state index in [-0.39, 0.29) is 0 Å². The first-order valence-corrected chi connectivity index (χ1v) is 6.24. The summed E-state index contributed by atoms with van der Waals surface area (Å²) in [6.07, 6.45) is 0. The molecule has 0 fully saturated rings. The van der Waals surface area contributed by atoms with Crippen LogP contribution in [0.4, 0.5) is 5.69 Å². The van der Waals surface area contributed by atoms with Gasteiger partial charge in [-0.1, -0.05) is 13.8 Å². The number of rotatable bonds is 7. The number of nitrogens with zero attached hydrogens (tertiary/aromatic N) is 2. The molecule has 0 saturated carbocycles. The number of ether oxygens (including phenoxy) is 1. The molecule has 0 atom stereocenters. The van der Waals surface area contributed by atoms with Crippen molar-refractivity contribution in [2.24, 2.45) is 4.99 Å². The Balaban J connectivity index is 2.39. The normalized spacial score (nSPS) is 10.1. The van der Waals surface area contributed by atoms with Crippen LogP contribution >= 0.6 is 12.2 Å². The standard InChI is InChI=1S/C13H18N2OS/c1-3-15(4-2)9-10-16-13-7-5-12(6-8-13)14-11-17/h5-8H,3-4,9-10H2,1-2H3. The van der Waals surface area contributed by atoms with Crippen LogP contribution in [0.15, 0.2) is 29.3 Å². The van der Waals surface area contributed by atoms with Crippen molar-refractivity contribution in [3.8, 4) is 5.75 Å². The van der Waals surface area contributed by atoms with Crippen LogP contribution in [0.3, 0.4) is 0 Å². The van der Waals surface area contributed by atoms with E-state index >= 15 is 0 Å². The third-order valence-electron chi connectivity index (χ3n) is 2.58. The minimum absolute atomic E-state index is 0.706. The van der Waals surface area contributed by atoms with Gasteiger partial charge in [-0.2, -0.15) is 4.99 Å². The molecule has 0 N–H and O–H groups in total. The van der Waals surface area contributed by atoms with Gasteiger partial charge in [0, 0.05) is 6.54 Å². The Morgan fingerprint density at radius 1 is 1.24 bits per heavy atom. The molecule has 0 aliphatic rings. The highest BCUT2D eigenvalue weighted by Crippen LogP contribution is 2.17. The van der Waals surface area contributed by atoms with E-state index in [0.717, 1.165) is 31.1 Å². The van der Waals surface area contributed by atoms with Crippen molar-refractivity contribution < 1.29 is 4.74 Å². The minimum Gasteiger partial charge on any atom is -0.492 e. The second-order valence-corrected chi connectivity index (χ2v) is 3.75. The molecule has 4 heteroatoms. The molecule has 17 heavy (non-hydrogen) atoms. The van der Waals surface area contributed by atoms with Gasteiger partial charge in [0.05, 0.1) is 10.8 Å². The van der Waals surface area contributed by atoms with E-state index in [1.54, 1.807) is 0 Å². The first kappa shape index (κ1) is 13.8. The van der Waals surface area contributed by atoms with Crippen LogP contribution in [-0.4, -0.2) is 36.3 Å². The Morgan fingerprint density at radius 3 is 2.41 bits per heavy atom. The molecule has 3 nitrogen and oxygen atoms in total. The van der Waals surface area contributed by atoms with E-state index in [4.69, 9.17) is 4.74 Å². The van der Waals surface area contributed by atoms with Gasteiger partial charge < -0.3 is 9.64 Å². The van der Waals surface area contributed by atoms with Gasteiger partial charge in [-0.25, -0.2) is 0 Å². The summed E-state index contributed by atoms with van der Waals surface area (Å²) in [6, 6.07) is 7.53. The average molecular weight is 250 g/mol. The number of likely N-dealkylation sites (N-methyl/N-ethyl adjacent to an activating group) is 1. The Kier molecular flexibility index (Phi) is 6.48. The van der Waals surface area contributed by atoms with Crippen molar-refractivity contribution in [3.05, 3.63) is 24.3 Å². The van der Waals surface area contributed by atoms with E-state index in [9.17, 15) is 0 Å². The molecule has 1 aromatic rings. The van der Waals surface area contributed by atoms with Gasteiger partial charge in [0.15, 0.2) is 0 Å². The first-order valence-electron chi connectivity index (χ1n) is 5.83. The molecular formula is C13H18N2OS. The van der Waals surface area contributed by atoms with Crippen LogP contribution in [0.1, 0.15) is 13.8 Å². The Hall–Kier alpha value is -1.22. The molecule has 0 radical (unpaired) electrons. The smallest absolute Gasteiger partial charge is 0.119 e. The lowest BCUT2D eigenvalue weighted by Crippen LogP contribution is -2.27. The Bertz CT molecular complexity index is 368. The Labute approximate surface area is 108 Å². The predicted molar refractivity (Wildman–Crippen MR) is 74.4 cm³/mol. The van der Waals surface area contributed by atoms with Crippen molar-refractivity contribution in [2.75, 3.05) is 26.2 Å². The molecule has 0 heterocycles. The van der Waals surface area contributed by atoms with Gasteiger partial charge in [0.25, 0.3) is 0 Å². The van der Waals surface area contributed by atoms with E-state index < -0.39 is 0 Å². The lowest BCUT2D eigenvalue weighted by molar-refractivity contribution is 0.223. The summed E-state index contributed by atoms with van der Waals surface area (Å²) >= 11 is 4.54. The highest BCUT2D eigenvalue weighted by atomic mass is 32.1. The summed E-state index contributed by atoms with van der Waals surface area (Å²) in [4.78, 5) is 6.21. The SMILES string of the molecule is CCN(CC)CCOc1ccc(N=C=S)cc1. The fourth-order valence-corrected chi connectivity index (χ4v) is 1.61. The monoisotopic (exact) mass is 250 g/mol. The summed E-state index contributed by atoms with van der Waals surface area (Å²) in [7, 11) is 0. The lowest BCUT2D eigenvalue weighted by atomic mass is 10.3. The fraction of sp³-hybridized carbons (Fsp3) is 0.462. The van der Waals surface area contributed by atoms with Gasteiger partial charge in [-0.3, -0.25) is 0 Å². The zero-order chi connectivity index (χ0) is 12.5. The number of aliphatic imine (C=N–C) groups is 1. The zero-order valence-corrected chi connectivity index (χ0v) is 11.2. The third kappa shape index (κ3) is 5.09. The zero-order valence-electron chi connectivity index (χ0n) is 10.3. The van der Waals surface area contributed by atoms with Crippen molar-refractivity contribution in [1.29, 1.82) is 0 Å². The molecule has 1 rings (SSSR count). The molecule has 0 bridgehead atoms. The average Bonchev–Trinajstić information content (AvgIpc) is 2.37. The van der Waals surface area contributed by atoms with Crippen molar-refractivity contribution in [1.82, 2.24) is 4.90 Å². The van der Waals surface area contributed by atoms with E-state index in [1.165, 1.54) is 0 Å². The number of thiocarbonyl (C=S) groups is 1.